The van der Waals surface area contributed by atoms with Crippen molar-refractivity contribution in [1.82, 2.24) is 0 Å². The van der Waals surface area contributed by atoms with Gasteiger partial charge in [-0.05, 0) is 23.6 Å². The monoisotopic (exact) mass is 253 g/mol. The molecule has 1 aromatic rings. The highest BCUT2D eigenvalue weighted by Crippen LogP contribution is 2.31. The van der Waals surface area contributed by atoms with Crippen LogP contribution in [0.2, 0.25) is 0 Å². The average molecular weight is 253 g/mol. The highest BCUT2D eigenvalue weighted by molar-refractivity contribution is 5.96. The van der Waals surface area contributed by atoms with Gasteiger partial charge in [-0.1, -0.05) is 32.1 Å². The maximum absolute atomic E-state index is 12.4. The van der Waals surface area contributed by atoms with Crippen LogP contribution in [-0.4, -0.2) is 5.71 Å². The molecule has 96 valence electrons. The number of allylic oxidation sites excluding steroid dienone is 1. The van der Waals surface area contributed by atoms with Crippen molar-refractivity contribution in [3.05, 3.63) is 41.5 Å². The maximum atomic E-state index is 12.4. The van der Waals surface area contributed by atoms with E-state index in [4.69, 9.17) is 0 Å². The zero-order chi connectivity index (χ0) is 13.3. The fraction of sp³-hybridized carbons (Fsp3) is 0.357. The van der Waals surface area contributed by atoms with Crippen molar-refractivity contribution in [2.24, 2.45) is 10.9 Å². The van der Waals surface area contributed by atoms with E-state index in [1.807, 2.05) is 6.08 Å². The van der Waals surface area contributed by atoms with Gasteiger partial charge in [0, 0.05) is 12.1 Å². The van der Waals surface area contributed by atoms with Crippen LogP contribution in [0.3, 0.4) is 0 Å². The molecule has 1 nitrogen and oxygen atoms in total. The highest BCUT2D eigenvalue weighted by Gasteiger charge is 2.30. The van der Waals surface area contributed by atoms with Crippen LogP contribution in [0.5, 0.6) is 0 Å². The number of aliphatic imine (C=N–C) groups is 1. The van der Waals surface area contributed by atoms with Crippen LogP contribution in [0.25, 0.3) is 5.70 Å². The van der Waals surface area contributed by atoms with Gasteiger partial charge in [-0.2, -0.15) is 13.2 Å². The summed E-state index contributed by atoms with van der Waals surface area (Å²) >= 11 is 0. The molecule has 0 radical (unpaired) electrons. The molecule has 0 unspecified atom stereocenters. The highest BCUT2D eigenvalue weighted by atomic mass is 19.4. The molecule has 1 aliphatic rings. The summed E-state index contributed by atoms with van der Waals surface area (Å²) < 4.78 is 37.3. The van der Waals surface area contributed by atoms with E-state index in [0.29, 0.717) is 5.92 Å². The summed E-state index contributed by atoms with van der Waals surface area (Å²) in [5.74, 6) is 0.369. The summed E-state index contributed by atoms with van der Waals surface area (Å²) in [4.78, 5) is 4.45. The Bertz CT molecular complexity index is 493. The second-order valence-electron chi connectivity index (χ2n) is 4.63. The first-order chi connectivity index (χ1) is 8.38. The summed E-state index contributed by atoms with van der Waals surface area (Å²) in [6.07, 6.45) is -1.54. The topological polar surface area (TPSA) is 12.4 Å². The second-order valence-corrected chi connectivity index (χ2v) is 4.63. The number of rotatable bonds is 2. The van der Waals surface area contributed by atoms with Crippen molar-refractivity contribution < 1.29 is 13.2 Å². The van der Waals surface area contributed by atoms with Gasteiger partial charge in [0.25, 0.3) is 0 Å². The smallest absolute Gasteiger partial charge is 0.257 e. The number of hydrogen-bond donors (Lipinski definition) is 0. The summed E-state index contributed by atoms with van der Waals surface area (Å²) in [7, 11) is 0. The number of halogens is 3. The standard InChI is InChI=1S/C14H14F3N/c1-9(2)12-7-8-13(18-12)10-3-5-11(6-4-10)14(15,16)17/h3-6,8-9H,7H2,1-2H3. The average Bonchev–Trinajstić information content (AvgIpc) is 2.77. The predicted octanol–water partition coefficient (Wildman–Crippen LogP) is 4.55. The van der Waals surface area contributed by atoms with Crippen LogP contribution in [0.4, 0.5) is 13.2 Å². The second kappa shape index (κ2) is 4.59. The summed E-state index contributed by atoms with van der Waals surface area (Å²) in [6, 6.07) is 5.14. The zero-order valence-electron chi connectivity index (χ0n) is 10.3. The van der Waals surface area contributed by atoms with E-state index in [1.165, 1.54) is 12.1 Å². The molecular weight excluding hydrogens is 239 g/mol. The van der Waals surface area contributed by atoms with Crippen molar-refractivity contribution in [2.45, 2.75) is 26.4 Å². The predicted molar refractivity (Wildman–Crippen MR) is 66.3 cm³/mol. The molecular formula is C14H14F3N. The quantitative estimate of drug-likeness (QED) is 0.733. The van der Waals surface area contributed by atoms with Crippen LogP contribution in [0, 0.1) is 5.92 Å². The van der Waals surface area contributed by atoms with E-state index in [1.54, 1.807) is 0 Å². The van der Waals surface area contributed by atoms with E-state index >= 15 is 0 Å². The molecule has 1 heterocycles. The van der Waals surface area contributed by atoms with Crippen molar-refractivity contribution in [2.75, 3.05) is 0 Å². The van der Waals surface area contributed by atoms with Gasteiger partial charge in [0.05, 0.1) is 11.3 Å². The lowest BCUT2D eigenvalue weighted by atomic mass is 10.1. The molecule has 0 saturated carbocycles. The van der Waals surface area contributed by atoms with Crippen molar-refractivity contribution in [3.8, 4) is 0 Å². The first-order valence-electron chi connectivity index (χ1n) is 5.83. The Morgan fingerprint density at radius 3 is 2.17 bits per heavy atom. The van der Waals surface area contributed by atoms with Crippen molar-refractivity contribution in [3.63, 3.8) is 0 Å². The molecule has 0 amide bonds. The minimum Gasteiger partial charge on any atom is -0.257 e. The molecule has 0 N–H and O–H groups in total. The molecule has 1 aromatic carbocycles. The lowest BCUT2D eigenvalue weighted by molar-refractivity contribution is -0.137. The minimum absolute atomic E-state index is 0.369. The summed E-state index contributed by atoms with van der Waals surface area (Å²) in [6.45, 7) is 4.12. The van der Waals surface area contributed by atoms with Gasteiger partial charge in [-0.3, -0.25) is 4.99 Å². The van der Waals surface area contributed by atoms with Gasteiger partial charge < -0.3 is 0 Å². The first kappa shape index (κ1) is 12.9. The number of alkyl halides is 3. The lowest BCUT2D eigenvalue weighted by Crippen LogP contribution is -2.04. The van der Waals surface area contributed by atoms with E-state index < -0.39 is 11.7 Å². The number of nitrogens with zero attached hydrogens (tertiary/aromatic N) is 1. The lowest BCUT2D eigenvalue weighted by Gasteiger charge is -2.07. The molecule has 0 atom stereocenters. The van der Waals surface area contributed by atoms with Crippen LogP contribution < -0.4 is 0 Å². The van der Waals surface area contributed by atoms with Gasteiger partial charge in [0.2, 0.25) is 0 Å². The third-order valence-corrected chi connectivity index (χ3v) is 2.94. The normalized spacial score (nSPS) is 15.9. The fourth-order valence-electron chi connectivity index (χ4n) is 1.82. The van der Waals surface area contributed by atoms with Crippen molar-refractivity contribution >= 4 is 11.4 Å². The van der Waals surface area contributed by atoms with E-state index in [9.17, 15) is 13.2 Å². The van der Waals surface area contributed by atoms with Gasteiger partial charge in [-0.25, -0.2) is 0 Å². The maximum Gasteiger partial charge on any atom is 0.416 e. The zero-order valence-corrected chi connectivity index (χ0v) is 10.3. The minimum atomic E-state index is -4.28. The molecule has 0 aromatic heterocycles. The first-order valence-corrected chi connectivity index (χ1v) is 5.83. The molecule has 0 bridgehead atoms. The Morgan fingerprint density at radius 2 is 1.72 bits per heavy atom. The third-order valence-electron chi connectivity index (χ3n) is 2.94. The molecule has 0 aliphatic carbocycles. The molecule has 4 heteroatoms. The van der Waals surface area contributed by atoms with Gasteiger partial charge in [-0.15, -0.1) is 0 Å². The largest absolute Gasteiger partial charge is 0.416 e. The Balaban J connectivity index is 2.22. The molecule has 1 aliphatic heterocycles. The van der Waals surface area contributed by atoms with E-state index in [-0.39, 0.29) is 0 Å². The van der Waals surface area contributed by atoms with E-state index in [0.717, 1.165) is 35.5 Å². The number of hydrogen-bond acceptors (Lipinski definition) is 1. The summed E-state index contributed by atoms with van der Waals surface area (Å²) in [5, 5.41) is 0. The Labute approximate surface area is 104 Å². The number of benzene rings is 1. The molecule has 0 spiro atoms. The molecule has 18 heavy (non-hydrogen) atoms. The third kappa shape index (κ3) is 2.63. The fourth-order valence-corrected chi connectivity index (χ4v) is 1.82. The van der Waals surface area contributed by atoms with Gasteiger partial charge >= 0.3 is 6.18 Å². The van der Waals surface area contributed by atoms with Crippen molar-refractivity contribution in [1.29, 1.82) is 0 Å². The molecule has 0 fully saturated rings. The SMILES string of the molecule is CC(C)C1=NC(c2ccc(C(F)(F)F)cc2)=CC1. The van der Waals surface area contributed by atoms with Crippen LogP contribution in [0.15, 0.2) is 35.3 Å². The molecule has 2 rings (SSSR count). The Hall–Kier alpha value is -1.58. The Morgan fingerprint density at radius 1 is 1.11 bits per heavy atom. The molecule has 0 saturated heterocycles. The van der Waals surface area contributed by atoms with Crippen LogP contribution in [0.1, 0.15) is 31.4 Å². The van der Waals surface area contributed by atoms with Crippen LogP contribution >= 0.6 is 0 Å². The van der Waals surface area contributed by atoms with E-state index in [2.05, 4.69) is 18.8 Å². The van der Waals surface area contributed by atoms with Crippen LogP contribution in [-0.2, 0) is 6.18 Å². The van der Waals surface area contributed by atoms with Gasteiger partial charge in [0.15, 0.2) is 0 Å². The summed E-state index contributed by atoms with van der Waals surface area (Å²) in [5.41, 5.74) is 1.95. The Kier molecular flexibility index (Phi) is 3.28. The van der Waals surface area contributed by atoms with Gasteiger partial charge in [0.1, 0.15) is 0 Å².